The van der Waals surface area contributed by atoms with Crippen LogP contribution in [0.1, 0.15) is 33.7 Å². The van der Waals surface area contributed by atoms with Crippen LogP contribution in [0.3, 0.4) is 0 Å². The molecule has 2 saturated heterocycles. The Morgan fingerprint density at radius 1 is 1.00 bits per heavy atom. The van der Waals surface area contributed by atoms with E-state index in [1.807, 2.05) is 29.2 Å². The van der Waals surface area contributed by atoms with E-state index in [0.717, 1.165) is 30.8 Å². The van der Waals surface area contributed by atoms with E-state index in [-0.39, 0.29) is 23.5 Å². The SMILES string of the molecule is COc1ccc(NC2CCCN(c3nnc(C(N)=O)c(Nc4ccc(C(=O)N5CCOCC5)cc4)n3)C2)cc1. The Kier molecular flexibility index (Phi) is 8.02. The number of carbonyl (C=O) groups is 2. The Hall–Kier alpha value is -4.45. The van der Waals surface area contributed by atoms with Gasteiger partial charge >= 0.3 is 0 Å². The number of nitrogens with one attached hydrogen (secondary N) is 2. The number of aromatic nitrogens is 3. The van der Waals surface area contributed by atoms with E-state index in [4.69, 9.17) is 15.2 Å². The predicted molar refractivity (Wildman–Crippen MR) is 147 cm³/mol. The maximum absolute atomic E-state index is 12.7. The summed E-state index contributed by atoms with van der Waals surface area (Å²) in [5.41, 5.74) is 7.71. The minimum absolute atomic E-state index is 0.0448. The van der Waals surface area contributed by atoms with Crippen molar-refractivity contribution in [3.63, 3.8) is 0 Å². The number of nitrogens with zero attached hydrogens (tertiary/aromatic N) is 5. The number of morpholine rings is 1. The molecule has 0 aliphatic carbocycles. The fourth-order valence-corrected chi connectivity index (χ4v) is 4.69. The van der Waals surface area contributed by atoms with Gasteiger partial charge in [-0.15, -0.1) is 10.2 Å². The summed E-state index contributed by atoms with van der Waals surface area (Å²) < 4.78 is 10.6. The highest BCUT2D eigenvalue weighted by molar-refractivity contribution is 5.97. The maximum atomic E-state index is 12.7. The first kappa shape index (κ1) is 26.2. The van der Waals surface area contributed by atoms with Crippen LogP contribution in [-0.2, 0) is 4.74 Å². The third kappa shape index (κ3) is 6.34. The molecule has 0 bridgehead atoms. The van der Waals surface area contributed by atoms with Crippen molar-refractivity contribution in [2.75, 3.05) is 62.0 Å². The van der Waals surface area contributed by atoms with Crippen molar-refractivity contribution in [1.82, 2.24) is 20.1 Å². The van der Waals surface area contributed by atoms with Crippen LogP contribution < -0.4 is 26.0 Å². The summed E-state index contributed by atoms with van der Waals surface area (Å²) >= 11 is 0. The summed E-state index contributed by atoms with van der Waals surface area (Å²) in [6, 6.07) is 15.0. The number of hydrogen-bond acceptors (Lipinski definition) is 10. The molecule has 2 aromatic carbocycles. The number of amides is 2. The van der Waals surface area contributed by atoms with Crippen LogP contribution >= 0.6 is 0 Å². The molecule has 5 rings (SSSR count). The fourth-order valence-electron chi connectivity index (χ4n) is 4.69. The van der Waals surface area contributed by atoms with Gasteiger partial charge in [-0.05, 0) is 61.4 Å². The molecule has 1 atom stereocenters. The Morgan fingerprint density at radius 3 is 2.41 bits per heavy atom. The third-order valence-electron chi connectivity index (χ3n) is 6.77. The van der Waals surface area contributed by atoms with Gasteiger partial charge < -0.3 is 35.6 Å². The number of rotatable bonds is 8. The van der Waals surface area contributed by atoms with Gasteiger partial charge in [0.15, 0.2) is 11.5 Å². The number of anilines is 4. The number of carbonyl (C=O) groups excluding carboxylic acids is 2. The molecule has 1 aromatic heterocycles. The molecule has 0 radical (unpaired) electrons. The van der Waals surface area contributed by atoms with E-state index in [9.17, 15) is 9.59 Å². The van der Waals surface area contributed by atoms with Crippen LogP contribution in [0.5, 0.6) is 5.75 Å². The standard InChI is InChI=1S/C27H32N8O4/c1-38-22-10-8-19(9-11-22)29-21-3-2-12-35(17-21)27-31-25(23(24(28)36)32-33-27)30-20-6-4-18(5-7-20)26(37)34-13-15-39-16-14-34/h4-11,21,29H,2-3,12-17H2,1H3,(H2,28,36)(H,30,31,33). The van der Waals surface area contributed by atoms with Crippen molar-refractivity contribution in [1.29, 1.82) is 0 Å². The van der Waals surface area contributed by atoms with E-state index in [1.54, 1.807) is 36.3 Å². The molecule has 2 aliphatic heterocycles. The molecule has 12 nitrogen and oxygen atoms in total. The average Bonchev–Trinajstić information content (AvgIpc) is 2.98. The highest BCUT2D eigenvalue weighted by Crippen LogP contribution is 2.24. The smallest absolute Gasteiger partial charge is 0.273 e. The van der Waals surface area contributed by atoms with Crippen molar-refractivity contribution in [3.05, 3.63) is 59.8 Å². The molecule has 3 heterocycles. The number of ether oxygens (including phenoxy) is 2. The van der Waals surface area contributed by atoms with Crippen molar-refractivity contribution in [2.24, 2.45) is 5.73 Å². The Labute approximate surface area is 226 Å². The van der Waals surface area contributed by atoms with E-state index in [1.165, 1.54) is 0 Å². The summed E-state index contributed by atoms with van der Waals surface area (Å²) in [4.78, 5) is 33.2. The first-order valence-corrected chi connectivity index (χ1v) is 12.9. The van der Waals surface area contributed by atoms with Crippen LogP contribution in [0.25, 0.3) is 0 Å². The zero-order chi connectivity index (χ0) is 27.2. The number of methoxy groups -OCH3 is 1. The van der Waals surface area contributed by atoms with Gasteiger partial charge in [0, 0.05) is 49.2 Å². The minimum atomic E-state index is -0.735. The Morgan fingerprint density at radius 2 is 1.72 bits per heavy atom. The van der Waals surface area contributed by atoms with Gasteiger partial charge in [-0.2, -0.15) is 4.98 Å². The molecule has 2 aliphatic rings. The maximum Gasteiger partial charge on any atom is 0.273 e. The fraction of sp³-hybridized carbons (Fsp3) is 0.370. The van der Waals surface area contributed by atoms with Crippen LogP contribution in [0.15, 0.2) is 48.5 Å². The molecule has 0 saturated carbocycles. The van der Waals surface area contributed by atoms with E-state index >= 15 is 0 Å². The number of benzene rings is 2. The minimum Gasteiger partial charge on any atom is -0.497 e. The molecule has 0 spiro atoms. The van der Waals surface area contributed by atoms with Crippen LogP contribution in [0, 0.1) is 0 Å². The monoisotopic (exact) mass is 532 g/mol. The molecule has 2 amide bonds. The highest BCUT2D eigenvalue weighted by atomic mass is 16.5. The number of nitrogens with two attached hydrogens (primary N) is 1. The lowest BCUT2D eigenvalue weighted by atomic mass is 10.1. The molecular weight excluding hydrogens is 500 g/mol. The molecule has 204 valence electrons. The molecule has 12 heteroatoms. The van der Waals surface area contributed by atoms with Crippen molar-refractivity contribution < 1.29 is 19.1 Å². The lowest BCUT2D eigenvalue weighted by Crippen LogP contribution is -2.43. The zero-order valence-electron chi connectivity index (χ0n) is 21.8. The summed E-state index contributed by atoms with van der Waals surface area (Å²) in [6.45, 7) is 3.66. The first-order chi connectivity index (χ1) is 19.0. The van der Waals surface area contributed by atoms with Crippen LogP contribution in [-0.4, -0.2) is 84.4 Å². The van der Waals surface area contributed by atoms with Crippen LogP contribution in [0.4, 0.5) is 23.1 Å². The van der Waals surface area contributed by atoms with Crippen molar-refractivity contribution in [3.8, 4) is 5.75 Å². The molecule has 1 unspecified atom stereocenters. The van der Waals surface area contributed by atoms with E-state index in [0.29, 0.717) is 50.0 Å². The molecule has 3 aromatic rings. The second-order valence-electron chi connectivity index (χ2n) is 9.44. The van der Waals surface area contributed by atoms with Gasteiger partial charge in [-0.1, -0.05) is 0 Å². The number of primary amides is 1. The highest BCUT2D eigenvalue weighted by Gasteiger charge is 2.24. The largest absolute Gasteiger partial charge is 0.497 e. The lowest BCUT2D eigenvalue weighted by molar-refractivity contribution is 0.0303. The molecular formula is C27H32N8O4. The quantitative estimate of drug-likeness (QED) is 0.395. The van der Waals surface area contributed by atoms with E-state index in [2.05, 4.69) is 25.8 Å². The molecule has 4 N–H and O–H groups in total. The Bertz CT molecular complexity index is 1300. The normalized spacial score (nSPS) is 17.4. The lowest BCUT2D eigenvalue weighted by Gasteiger charge is -2.33. The van der Waals surface area contributed by atoms with Gasteiger partial charge in [0.1, 0.15) is 5.75 Å². The second-order valence-corrected chi connectivity index (χ2v) is 9.44. The summed E-state index contributed by atoms with van der Waals surface area (Å²) in [6.07, 6.45) is 1.94. The summed E-state index contributed by atoms with van der Waals surface area (Å²) in [5, 5.41) is 15.0. The van der Waals surface area contributed by atoms with Gasteiger partial charge in [-0.3, -0.25) is 9.59 Å². The summed E-state index contributed by atoms with van der Waals surface area (Å²) in [5.74, 6) is 0.642. The zero-order valence-corrected chi connectivity index (χ0v) is 21.8. The van der Waals surface area contributed by atoms with Gasteiger partial charge in [0.05, 0.1) is 20.3 Å². The topological polar surface area (TPSA) is 148 Å². The van der Waals surface area contributed by atoms with Gasteiger partial charge in [-0.25, -0.2) is 0 Å². The first-order valence-electron chi connectivity index (χ1n) is 12.9. The second kappa shape index (κ2) is 11.9. The third-order valence-corrected chi connectivity index (χ3v) is 6.77. The molecule has 2 fully saturated rings. The van der Waals surface area contributed by atoms with Gasteiger partial charge in [0.25, 0.3) is 11.8 Å². The Balaban J connectivity index is 1.29. The average molecular weight is 533 g/mol. The van der Waals surface area contributed by atoms with Crippen molar-refractivity contribution >= 4 is 35.0 Å². The van der Waals surface area contributed by atoms with E-state index < -0.39 is 5.91 Å². The van der Waals surface area contributed by atoms with Crippen molar-refractivity contribution in [2.45, 2.75) is 18.9 Å². The van der Waals surface area contributed by atoms with Crippen LogP contribution in [0.2, 0.25) is 0 Å². The number of piperidine rings is 1. The summed E-state index contributed by atoms with van der Waals surface area (Å²) in [7, 11) is 1.64. The predicted octanol–water partition coefficient (Wildman–Crippen LogP) is 2.28. The van der Waals surface area contributed by atoms with Gasteiger partial charge in [0.2, 0.25) is 5.95 Å². The molecule has 39 heavy (non-hydrogen) atoms. The number of hydrogen-bond donors (Lipinski definition) is 3.